The summed E-state index contributed by atoms with van der Waals surface area (Å²) in [7, 11) is 0. The highest BCUT2D eigenvalue weighted by atomic mass is 16.6. The van der Waals surface area contributed by atoms with Crippen molar-refractivity contribution in [2.45, 2.75) is 5.41 Å². The number of benzene rings is 4. The molecule has 0 saturated heterocycles. The Morgan fingerprint density at radius 1 is 0.636 bits per heavy atom. The second-order valence-electron chi connectivity index (χ2n) is 7.59. The van der Waals surface area contributed by atoms with Gasteiger partial charge in [-0.3, -0.25) is 0 Å². The summed E-state index contributed by atoms with van der Waals surface area (Å²) in [6.07, 6.45) is 1.14. The van der Waals surface area contributed by atoms with E-state index >= 15 is 0 Å². The summed E-state index contributed by atoms with van der Waals surface area (Å²) in [5.41, 5.74) is 4.21. The van der Waals surface area contributed by atoms with Crippen LogP contribution >= 0.6 is 0 Å². The van der Waals surface area contributed by atoms with Gasteiger partial charge in [0.1, 0.15) is 19.0 Å². The normalized spacial score (nSPS) is 10.9. The minimum absolute atomic E-state index is 0.175. The van der Waals surface area contributed by atoms with Gasteiger partial charge in [0.05, 0.1) is 5.41 Å². The molecule has 4 aromatic carbocycles. The largest absolute Gasteiger partial charge is 0.490 e. The van der Waals surface area contributed by atoms with Gasteiger partial charge in [0.2, 0.25) is 0 Å². The first-order valence-electron chi connectivity index (χ1n) is 10.9. The summed E-state index contributed by atoms with van der Waals surface area (Å²) in [4.78, 5) is 11.2. The highest BCUT2D eigenvalue weighted by molar-refractivity contribution is 5.81. The molecule has 0 atom stereocenters. The van der Waals surface area contributed by atoms with Crippen molar-refractivity contribution in [3.63, 3.8) is 0 Å². The predicted molar refractivity (Wildman–Crippen MR) is 131 cm³/mol. The minimum Gasteiger partial charge on any atom is -0.490 e. The molecule has 0 amide bonds. The lowest BCUT2D eigenvalue weighted by Gasteiger charge is -2.36. The lowest BCUT2D eigenvalue weighted by atomic mass is 9.65. The molecular formula is C30H26O3. The molecule has 3 nitrogen and oxygen atoms in total. The van der Waals surface area contributed by atoms with Crippen molar-refractivity contribution in [2.75, 3.05) is 13.2 Å². The van der Waals surface area contributed by atoms with E-state index in [0.717, 1.165) is 17.4 Å². The predicted octanol–water partition coefficient (Wildman–Crippen LogP) is 6.18. The fraction of sp³-hybridized carbons (Fsp3) is 0.100. The number of hydrogen-bond donors (Lipinski definition) is 0. The van der Waals surface area contributed by atoms with Crippen molar-refractivity contribution in [2.24, 2.45) is 0 Å². The molecule has 0 spiro atoms. The molecule has 0 radical (unpaired) electrons. The lowest BCUT2D eigenvalue weighted by Crippen LogP contribution is -2.30. The van der Waals surface area contributed by atoms with E-state index in [2.05, 4.69) is 91.5 Å². The molecule has 0 heterocycles. The van der Waals surface area contributed by atoms with Crippen molar-refractivity contribution < 1.29 is 14.3 Å². The Labute approximate surface area is 194 Å². The van der Waals surface area contributed by atoms with Crippen molar-refractivity contribution in [1.29, 1.82) is 0 Å². The third-order valence-electron chi connectivity index (χ3n) is 5.67. The molecule has 0 aliphatic heterocycles. The topological polar surface area (TPSA) is 35.5 Å². The molecule has 164 valence electrons. The third-order valence-corrected chi connectivity index (χ3v) is 5.67. The maximum Gasteiger partial charge on any atom is 0.330 e. The zero-order chi connectivity index (χ0) is 22.9. The molecule has 0 aromatic heterocycles. The number of hydrogen-bond acceptors (Lipinski definition) is 3. The van der Waals surface area contributed by atoms with Crippen molar-refractivity contribution in [1.82, 2.24) is 0 Å². The SMILES string of the molecule is C=CC(=O)OCCOc1ccc(C(c2ccccc2)(c2ccccc2)c2ccccc2)cc1. The van der Waals surface area contributed by atoms with Gasteiger partial charge in [0.25, 0.3) is 0 Å². The molecule has 0 aliphatic rings. The third kappa shape index (κ3) is 4.73. The van der Waals surface area contributed by atoms with E-state index in [1.54, 1.807) is 0 Å². The van der Waals surface area contributed by atoms with Gasteiger partial charge in [-0.05, 0) is 34.4 Å². The quantitative estimate of drug-likeness (QED) is 0.137. The summed E-state index contributed by atoms with van der Waals surface area (Å²) in [6.45, 7) is 3.84. The van der Waals surface area contributed by atoms with Crippen LogP contribution in [0.1, 0.15) is 22.3 Å². The lowest BCUT2D eigenvalue weighted by molar-refractivity contribution is -0.138. The highest BCUT2D eigenvalue weighted by Gasteiger charge is 2.38. The van der Waals surface area contributed by atoms with Gasteiger partial charge in [-0.2, -0.15) is 0 Å². The molecule has 0 unspecified atom stereocenters. The van der Waals surface area contributed by atoms with Crippen LogP contribution in [0.2, 0.25) is 0 Å². The van der Waals surface area contributed by atoms with Crippen LogP contribution < -0.4 is 4.74 Å². The van der Waals surface area contributed by atoms with Gasteiger partial charge in [-0.25, -0.2) is 4.79 Å². The molecule has 3 heteroatoms. The van der Waals surface area contributed by atoms with Crippen LogP contribution in [-0.2, 0) is 14.9 Å². The number of carbonyl (C=O) groups is 1. The summed E-state index contributed by atoms with van der Waals surface area (Å²) >= 11 is 0. The summed E-state index contributed by atoms with van der Waals surface area (Å²) in [5.74, 6) is 0.267. The Morgan fingerprint density at radius 3 is 1.48 bits per heavy atom. The number of ether oxygens (including phenoxy) is 2. The molecule has 4 rings (SSSR count). The zero-order valence-electron chi connectivity index (χ0n) is 18.4. The second-order valence-corrected chi connectivity index (χ2v) is 7.59. The molecule has 0 N–H and O–H groups in total. The second kappa shape index (κ2) is 10.5. The molecule has 0 fully saturated rings. The van der Waals surface area contributed by atoms with Crippen LogP contribution in [0.3, 0.4) is 0 Å². The first kappa shape index (κ1) is 22.1. The van der Waals surface area contributed by atoms with Gasteiger partial charge in [0.15, 0.2) is 0 Å². The summed E-state index contributed by atoms with van der Waals surface area (Å²) < 4.78 is 10.8. The molecule has 33 heavy (non-hydrogen) atoms. The van der Waals surface area contributed by atoms with Crippen LogP contribution in [-0.4, -0.2) is 19.2 Å². The fourth-order valence-corrected chi connectivity index (χ4v) is 4.23. The smallest absolute Gasteiger partial charge is 0.330 e. The van der Waals surface area contributed by atoms with Crippen molar-refractivity contribution in [3.8, 4) is 5.75 Å². The van der Waals surface area contributed by atoms with E-state index in [1.807, 2.05) is 30.3 Å². The van der Waals surface area contributed by atoms with Crippen LogP contribution in [0.25, 0.3) is 0 Å². The average Bonchev–Trinajstić information content (AvgIpc) is 2.89. The monoisotopic (exact) mass is 434 g/mol. The Bertz CT molecular complexity index is 1070. The maximum absolute atomic E-state index is 11.2. The van der Waals surface area contributed by atoms with Gasteiger partial charge in [0, 0.05) is 6.08 Å². The average molecular weight is 435 g/mol. The van der Waals surface area contributed by atoms with Gasteiger partial charge < -0.3 is 9.47 Å². The summed E-state index contributed by atoms with van der Waals surface area (Å²) in [5, 5.41) is 0. The first-order chi connectivity index (χ1) is 16.2. The Hall–Kier alpha value is -4.11. The highest BCUT2D eigenvalue weighted by Crippen LogP contribution is 2.45. The number of esters is 1. The van der Waals surface area contributed by atoms with Crippen molar-refractivity contribution in [3.05, 3.63) is 150 Å². The molecule has 0 saturated carbocycles. The van der Waals surface area contributed by atoms with E-state index in [-0.39, 0.29) is 13.2 Å². The van der Waals surface area contributed by atoms with Gasteiger partial charge in [-0.15, -0.1) is 0 Å². The molecule has 0 aliphatic carbocycles. The van der Waals surface area contributed by atoms with Crippen LogP contribution in [0.4, 0.5) is 0 Å². The van der Waals surface area contributed by atoms with E-state index < -0.39 is 11.4 Å². The Morgan fingerprint density at radius 2 is 1.06 bits per heavy atom. The van der Waals surface area contributed by atoms with Crippen LogP contribution in [0, 0.1) is 0 Å². The Kier molecular flexibility index (Phi) is 7.01. The van der Waals surface area contributed by atoms with Gasteiger partial charge in [-0.1, -0.05) is 110 Å². The van der Waals surface area contributed by atoms with E-state index in [4.69, 9.17) is 9.47 Å². The van der Waals surface area contributed by atoms with Crippen molar-refractivity contribution >= 4 is 5.97 Å². The standard InChI is InChI=1S/C30H26O3/c1-2-29(31)33-23-22-32-28-20-18-27(19-21-28)30(24-12-6-3-7-13-24,25-14-8-4-9-15-25)26-16-10-5-11-17-26/h2-21H,1,22-23H2. The van der Waals surface area contributed by atoms with E-state index in [1.165, 1.54) is 16.7 Å². The maximum atomic E-state index is 11.2. The van der Waals surface area contributed by atoms with E-state index in [9.17, 15) is 4.79 Å². The minimum atomic E-state index is -0.484. The summed E-state index contributed by atoms with van der Waals surface area (Å²) in [6, 6.07) is 39.8. The fourth-order valence-electron chi connectivity index (χ4n) is 4.23. The Balaban J connectivity index is 1.76. The molecule has 0 bridgehead atoms. The molecular weight excluding hydrogens is 408 g/mol. The first-order valence-corrected chi connectivity index (χ1v) is 10.9. The van der Waals surface area contributed by atoms with E-state index in [0.29, 0.717) is 0 Å². The molecule has 4 aromatic rings. The van der Waals surface area contributed by atoms with Gasteiger partial charge >= 0.3 is 5.97 Å². The number of carbonyl (C=O) groups excluding carboxylic acids is 1. The van der Waals surface area contributed by atoms with Crippen LogP contribution in [0.15, 0.2) is 128 Å². The van der Waals surface area contributed by atoms with Crippen LogP contribution in [0.5, 0.6) is 5.75 Å². The number of rotatable bonds is 9. The zero-order valence-corrected chi connectivity index (χ0v) is 18.4.